The molecule has 1 atom stereocenters. The number of sulfonamides is 1. The fourth-order valence-electron chi connectivity index (χ4n) is 6.07. The summed E-state index contributed by atoms with van der Waals surface area (Å²) in [5, 5.41) is 3.14. The molecule has 0 heterocycles. The van der Waals surface area contributed by atoms with Crippen molar-refractivity contribution >= 4 is 62.3 Å². The molecule has 0 saturated heterocycles. The molecule has 0 aromatic heterocycles. The summed E-state index contributed by atoms with van der Waals surface area (Å²) in [6.07, 6.45) is -0.415. The number of benzene rings is 4. The smallest absolute Gasteiger partial charge is 0.352 e. The number of carbonyl (C=O) groups is 2. The van der Waals surface area contributed by atoms with Crippen LogP contribution in [0.25, 0.3) is 0 Å². The Balaban J connectivity index is 1.64. The quantitative estimate of drug-likeness (QED) is 0.156. The number of alkyl halides is 3. The molecule has 51 heavy (non-hydrogen) atoms. The molecule has 1 saturated carbocycles. The predicted molar refractivity (Wildman–Crippen MR) is 193 cm³/mol. The van der Waals surface area contributed by atoms with Crippen molar-refractivity contribution in [2.24, 2.45) is 0 Å². The van der Waals surface area contributed by atoms with Gasteiger partial charge in [-0.05, 0) is 60.9 Å². The van der Waals surface area contributed by atoms with Gasteiger partial charge in [-0.15, -0.1) is 0 Å². The molecule has 0 aliphatic heterocycles. The molecule has 0 bridgehead atoms. The van der Waals surface area contributed by atoms with Crippen LogP contribution in [-0.2, 0) is 38.8 Å². The lowest BCUT2D eigenvalue weighted by atomic mass is 9.94. The van der Waals surface area contributed by atoms with Crippen LogP contribution >= 0.6 is 34.8 Å². The second-order valence-corrected chi connectivity index (χ2v) is 15.3. The maximum absolute atomic E-state index is 14.7. The number of nitrogens with one attached hydrogen (secondary N) is 1. The molecule has 4 aromatic rings. The van der Waals surface area contributed by atoms with E-state index in [0.29, 0.717) is 21.5 Å². The third-order valence-corrected chi connectivity index (χ3v) is 11.6. The fraction of sp³-hybridized carbons (Fsp3) is 0.297. The summed E-state index contributed by atoms with van der Waals surface area (Å²) in [7, 11) is -4.70. The molecule has 0 spiro atoms. The maximum atomic E-state index is 14.7. The Morgan fingerprint density at radius 3 is 2.02 bits per heavy atom. The summed E-state index contributed by atoms with van der Waals surface area (Å²) < 4.78 is 70.8. The molecular formula is C37H35Cl3F3N3O4S. The second kappa shape index (κ2) is 16.7. The van der Waals surface area contributed by atoms with E-state index in [9.17, 15) is 31.2 Å². The van der Waals surface area contributed by atoms with E-state index in [4.69, 9.17) is 34.8 Å². The molecule has 270 valence electrons. The van der Waals surface area contributed by atoms with Gasteiger partial charge in [-0.3, -0.25) is 13.9 Å². The van der Waals surface area contributed by atoms with E-state index >= 15 is 0 Å². The van der Waals surface area contributed by atoms with E-state index in [1.807, 2.05) is 0 Å². The van der Waals surface area contributed by atoms with E-state index in [0.717, 1.165) is 44.2 Å². The minimum Gasteiger partial charge on any atom is -0.352 e. The molecule has 2 amide bonds. The molecule has 0 radical (unpaired) electrons. The second-order valence-electron chi connectivity index (χ2n) is 12.3. The van der Waals surface area contributed by atoms with Crippen molar-refractivity contribution in [3.05, 3.63) is 129 Å². The Morgan fingerprint density at radius 2 is 1.41 bits per heavy atom. The first-order valence-electron chi connectivity index (χ1n) is 16.3. The van der Waals surface area contributed by atoms with Gasteiger partial charge in [0.25, 0.3) is 10.0 Å². The normalized spacial score (nSPS) is 14.5. The third-order valence-electron chi connectivity index (χ3n) is 8.77. The van der Waals surface area contributed by atoms with Gasteiger partial charge in [0.05, 0.1) is 21.2 Å². The van der Waals surface area contributed by atoms with Gasteiger partial charge in [0.15, 0.2) is 0 Å². The first kappa shape index (κ1) is 38.5. The zero-order valence-electron chi connectivity index (χ0n) is 27.3. The summed E-state index contributed by atoms with van der Waals surface area (Å²) >= 11 is 19.5. The number of nitrogens with zero attached hydrogens (tertiary/aromatic N) is 2. The van der Waals surface area contributed by atoms with Gasteiger partial charge >= 0.3 is 6.18 Å². The lowest BCUT2D eigenvalue weighted by molar-refractivity contribution is -0.140. The lowest BCUT2D eigenvalue weighted by Crippen LogP contribution is -2.55. The molecule has 7 nitrogen and oxygen atoms in total. The standard InChI is InChI=1S/C37H35Cl3F3N3O4S/c38-30-17-10-18-31(39)29(30)23-45(34(21-25-11-4-1-5-12-25)36(48)44-27-13-6-2-7-14-27)35(47)24-46(51(49,50)28-15-8-3-9-16-28)33-22-26(37(41,42)43)19-20-32(33)40/h1,3-5,8-12,15-20,22,27,34H,2,6-7,13-14,21,23-24H2,(H,44,48)/t34-/m1/s1. The van der Waals surface area contributed by atoms with Crippen molar-refractivity contribution < 1.29 is 31.2 Å². The third kappa shape index (κ3) is 9.57. The highest BCUT2D eigenvalue weighted by atomic mass is 35.5. The first-order valence-corrected chi connectivity index (χ1v) is 18.8. The minimum atomic E-state index is -4.85. The Bertz CT molecular complexity index is 1920. The number of carbonyl (C=O) groups excluding carboxylic acids is 2. The Hall–Kier alpha value is -3.77. The zero-order valence-corrected chi connectivity index (χ0v) is 30.3. The van der Waals surface area contributed by atoms with E-state index in [-0.39, 0.29) is 39.0 Å². The summed E-state index contributed by atoms with van der Waals surface area (Å²) in [5.41, 5.74) is -0.729. The van der Waals surface area contributed by atoms with Crippen LogP contribution in [0.2, 0.25) is 15.1 Å². The number of amides is 2. The van der Waals surface area contributed by atoms with Gasteiger partial charge in [0, 0.05) is 34.6 Å². The Kier molecular flexibility index (Phi) is 12.6. The number of hydrogen-bond donors (Lipinski definition) is 1. The van der Waals surface area contributed by atoms with Gasteiger partial charge in [0.1, 0.15) is 12.6 Å². The molecule has 1 aliphatic rings. The first-order chi connectivity index (χ1) is 24.3. The van der Waals surface area contributed by atoms with Crippen molar-refractivity contribution in [1.29, 1.82) is 0 Å². The van der Waals surface area contributed by atoms with E-state index < -0.39 is 51.9 Å². The van der Waals surface area contributed by atoms with Crippen LogP contribution in [0.5, 0.6) is 0 Å². The summed E-state index contributed by atoms with van der Waals surface area (Å²) in [6, 6.07) is 21.6. The van der Waals surface area contributed by atoms with Gasteiger partial charge in [-0.1, -0.05) is 109 Å². The van der Waals surface area contributed by atoms with Gasteiger partial charge in [-0.2, -0.15) is 13.2 Å². The summed E-state index contributed by atoms with van der Waals surface area (Å²) in [5.74, 6) is -1.38. The highest BCUT2D eigenvalue weighted by molar-refractivity contribution is 7.92. The molecule has 1 aliphatic carbocycles. The monoisotopic (exact) mass is 779 g/mol. The number of anilines is 1. The minimum absolute atomic E-state index is 0.0307. The van der Waals surface area contributed by atoms with Crippen molar-refractivity contribution in [2.75, 3.05) is 10.8 Å². The van der Waals surface area contributed by atoms with Crippen molar-refractivity contribution in [1.82, 2.24) is 10.2 Å². The van der Waals surface area contributed by atoms with Gasteiger partial charge < -0.3 is 10.2 Å². The van der Waals surface area contributed by atoms with Crippen LogP contribution in [0.4, 0.5) is 18.9 Å². The van der Waals surface area contributed by atoms with Crippen molar-refractivity contribution in [3.8, 4) is 0 Å². The average Bonchev–Trinajstić information content (AvgIpc) is 3.10. The SMILES string of the molecule is O=C(NC1CCCCC1)[C@@H](Cc1ccccc1)N(Cc1c(Cl)cccc1Cl)C(=O)CN(c1cc(C(F)(F)F)ccc1Cl)S(=O)(=O)c1ccccc1. The average molecular weight is 781 g/mol. The highest BCUT2D eigenvalue weighted by Gasteiger charge is 2.38. The molecule has 4 aromatic carbocycles. The lowest BCUT2D eigenvalue weighted by Gasteiger charge is -2.35. The fourth-order valence-corrected chi connectivity index (χ4v) is 8.30. The largest absolute Gasteiger partial charge is 0.416 e. The van der Waals surface area contributed by atoms with Crippen LogP contribution in [0.1, 0.15) is 48.8 Å². The molecular weight excluding hydrogens is 746 g/mol. The van der Waals surface area contributed by atoms with E-state index in [1.54, 1.807) is 54.6 Å². The van der Waals surface area contributed by atoms with E-state index in [2.05, 4.69) is 5.32 Å². The molecule has 0 unspecified atom stereocenters. The molecule has 1 N–H and O–H groups in total. The Labute approximate surface area is 310 Å². The summed E-state index contributed by atoms with van der Waals surface area (Å²) in [4.78, 5) is 29.9. The molecule has 14 heteroatoms. The highest BCUT2D eigenvalue weighted by Crippen LogP contribution is 2.38. The maximum Gasteiger partial charge on any atom is 0.416 e. The number of hydrogen-bond acceptors (Lipinski definition) is 4. The van der Waals surface area contributed by atoms with Crippen LogP contribution in [0, 0.1) is 0 Å². The Morgan fingerprint density at radius 1 is 0.804 bits per heavy atom. The van der Waals surface area contributed by atoms with Crippen molar-refractivity contribution in [2.45, 2.75) is 68.2 Å². The number of rotatable bonds is 12. The van der Waals surface area contributed by atoms with Crippen LogP contribution < -0.4 is 9.62 Å². The number of halogens is 6. The summed E-state index contributed by atoms with van der Waals surface area (Å²) in [6.45, 7) is -1.33. The van der Waals surface area contributed by atoms with Gasteiger partial charge in [0.2, 0.25) is 11.8 Å². The molecule has 5 rings (SSSR count). The zero-order chi connectivity index (χ0) is 36.8. The van der Waals surface area contributed by atoms with Crippen molar-refractivity contribution in [3.63, 3.8) is 0 Å². The van der Waals surface area contributed by atoms with Crippen LogP contribution in [0.15, 0.2) is 102 Å². The molecule has 1 fully saturated rings. The van der Waals surface area contributed by atoms with Crippen LogP contribution in [-0.4, -0.2) is 43.8 Å². The van der Waals surface area contributed by atoms with Crippen LogP contribution in [0.3, 0.4) is 0 Å². The van der Waals surface area contributed by atoms with Gasteiger partial charge in [-0.25, -0.2) is 8.42 Å². The topological polar surface area (TPSA) is 86.8 Å². The predicted octanol–water partition coefficient (Wildman–Crippen LogP) is 8.95. The van der Waals surface area contributed by atoms with E-state index in [1.165, 1.54) is 29.2 Å².